The third-order valence-electron chi connectivity index (χ3n) is 1.43. The van der Waals surface area contributed by atoms with Crippen molar-refractivity contribution in [1.82, 2.24) is 4.67 Å². The van der Waals surface area contributed by atoms with Crippen LogP contribution in [0.1, 0.15) is 20.8 Å². The van der Waals surface area contributed by atoms with Gasteiger partial charge in [-0.2, -0.15) is 0 Å². The van der Waals surface area contributed by atoms with Crippen molar-refractivity contribution in [3.63, 3.8) is 0 Å². The van der Waals surface area contributed by atoms with E-state index in [0.29, 0.717) is 6.61 Å². The van der Waals surface area contributed by atoms with Gasteiger partial charge in [-0.15, -0.1) is 0 Å². The lowest BCUT2D eigenvalue weighted by atomic mass is 10.7. The lowest BCUT2D eigenvalue weighted by Crippen LogP contribution is -2.18. The molecule has 0 aromatic carbocycles. The summed E-state index contributed by atoms with van der Waals surface area (Å²) in [6, 6.07) is 0. The maximum Gasteiger partial charge on any atom is 0.320 e. The fraction of sp³-hybridized carbons (Fsp3) is 0.750. The SMILES string of the molecule is CCOP(OC=C(Cl)Cl)N(CC)CC. The second-order valence-electron chi connectivity index (χ2n) is 2.31. The molecule has 0 spiro atoms. The summed E-state index contributed by atoms with van der Waals surface area (Å²) >= 11 is 10.9. The van der Waals surface area contributed by atoms with E-state index in [2.05, 4.69) is 4.67 Å². The molecule has 6 heteroatoms. The largest absolute Gasteiger partial charge is 0.441 e. The Morgan fingerprint density at radius 1 is 1.29 bits per heavy atom. The molecule has 0 aliphatic rings. The summed E-state index contributed by atoms with van der Waals surface area (Å²) in [5.41, 5.74) is 0. The Labute approximate surface area is 96.9 Å². The van der Waals surface area contributed by atoms with E-state index < -0.39 is 8.53 Å². The number of hydrogen-bond donors (Lipinski definition) is 0. The van der Waals surface area contributed by atoms with Crippen LogP contribution in [0.5, 0.6) is 0 Å². The smallest absolute Gasteiger partial charge is 0.320 e. The highest BCUT2D eigenvalue weighted by atomic mass is 35.5. The third kappa shape index (κ3) is 6.05. The molecule has 14 heavy (non-hydrogen) atoms. The standard InChI is InChI=1S/C8H16Cl2NO2P/c1-4-11(5-2)14(12-6-3)13-7-8(9)10/h7H,4-6H2,1-3H3. The number of hydrogen-bond acceptors (Lipinski definition) is 3. The number of halogens is 2. The summed E-state index contributed by atoms with van der Waals surface area (Å²) in [7, 11) is -1.07. The summed E-state index contributed by atoms with van der Waals surface area (Å²) in [5.74, 6) is 0. The maximum atomic E-state index is 5.45. The Morgan fingerprint density at radius 3 is 2.21 bits per heavy atom. The van der Waals surface area contributed by atoms with Gasteiger partial charge in [-0.1, -0.05) is 37.0 Å². The van der Waals surface area contributed by atoms with E-state index in [1.807, 2.05) is 20.8 Å². The van der Waals surface area contributed by atoms with E-state index in [1.165, 1.54) is 6.26 Å². The van der Waals surface area contributed by atoms with Crippen molar-refractivity contribution < 1.29 is 9.05 Å². The summed E-state index contributed by atoms with van der Waals surface area (Å²) < 4.78 is 13.0. The molecule has 1 atom stereocenters. The molecule has 0 heterocycles. The Kier molecular flexibility index (Phi) is 9.05. The van der Waals surface area contributed by atoms with Gasteiger partial charge in [-0.05, 0) is 6.92 Å². The van der Waals surface area contributed by atoms with E-state index in [9.17, 15) is 0 Å². The lowest BCUT2D eigenvalue weighted by molar-refractivity contribution is 0.262. The molecular weight excluding hydrogens is 244 g/mol. The molecule has 0 aliphatic carbocycles. The minimum absolute atomic E-state index is 0.101. The van der Waals surface area contributed by atoms with Crippen molar-refractivity contribution in [3.05, 3.63) is 10.8 Å². The first-order chi connectivity index (χ1) is 6.65. The second-order valence-corrected chi connectivity index (χ2v) is 4.83. The molecule has 84 valence electrons. The summed E-state index contributed by atoms with van der Waals surface area (Å²) in [6.07, 6.45) is 1.31. The summed E-state index contributed by atoms with van der Waals surface area (Å²) in [6.45, 7) is 8.37. The van der Waals surface area contributed by atoms with Gasteiger partial charge in [0.15, 0.2) is 0 Å². The van der Waals surface area contributed by atoms with Gasteiger partial charge in [0.1, 0.15) is 10.8 Å². The zero-order chi connectivity index (χ0) is 11.0. The Hall–Kier alpha value is 0.470. The van der Waals surface area contributed by atoms with Crippen LogP contribution in [0, 0.1) is 0 Å². The van der Waals surface area contributed by atoms with Gasteiger partial charge in [-0.25, -0.2) is 4.67 Å². The maximum absolute atomic E-state index is 5.45. The zero-order valence-corrected chi connectivity index (χ0v) is 11.1. The quantitative estimate of drug-likeness (QED) is 0.512. The Morgan fingerprint density at radius 2 is 1.86 bits per heavy atom. The molecule has 0 radical (unpaired) electrons. The predicted molar refractivity (Wildman–Crippen MR) is 62.3 cm³/mol. The molecule has 0 N–H and O–H groups in total. The molecule has 0 aromatic heterocycles. The molecule has 0 rings (SSSR count). The molecule has 0 saturated heterocycles. The monoisotopic (exact) mass is 259 g/mol. The van der Waals surface area contributed by atoms with Crippen LogP contribution < -0.4 is 0 Å². The fourth-order valence-electron chi connectivity index (χ4n) is 0.829. The van der Waals surface area contributed by atoms with Gasteiger partial charge in [0.05, 0.1) is 6.61 Å². The van der Waals surface area contributed by atoms with E-state index in [1.54, 1.807) is 0 Å². The Balaban J connectivity index is 4.18. The van der Waals surface area contributed by atoms with Gasteiger partial charge in [0.2, 0.25) is 0 Å². The average molecular weight is 260 g/mol. The molecule has 0 amide bonds. The van der Waals surface area contributed by atoms with Crippen LogP contribution in [0.15, 0.2) is 10.8 Å². The van der Waals surface area contributed by atoms with E-state index in [0.717, 1.165) is 13.1 Å². The summed E-state index contributed by atoms with van der Waals surface area (Å²) in [4.78, 5) is 0. The molecule has 0 aromatic rings. The van der Waals surface area contributed by atoms with Gasteiger partial charge < -0.3 is 9.05 Å². The predicted octanol–water partition coefficient (Wildman–Crippen LogP) is 3.88. The molecule has 0 aliphatic heterocycles. The topological polar surface area (TPSA) is 21.7 Å². The third-order valence-corrected chi connectivity index (χ3v) is 3.40. The van der Waals surface area contributed by atoms with Crippen molar-refractivity contribution in [1.29, 1.82) is 0 Å². The van der Waals surface area contributed by atoms with Gasteiger partial charge in [0, 0.05) is 13.1 Å². The first-order valence-corrected chi connectivity index (χ1v) is 6.40. The van der Waals surface area contributed by atoms with Crippen LogP contribution >= 0.6 is 31.7 Å². The molecule has 1 unspecified atom stereocenters. The first-order valence-electron chi connectivity index (χ1n) is 4.51. The zero-order valence-electron chi connectivity index (χ0n) is 8.67. The van der Waals surface area contributed by atoms with Gasteiger partial charge in [0.25, 0.3) is 0 Å². The normalized spacial score (nSPS) is 12.7. The average Bonchev–Trinajstić information content (AvgIpc) is 2.15. The van der Waals surface area contributed by atoms with Crippen LogP contribution in [0.25, 0.3) is 0 Å². The highest BCUT2D eigenvalue weighted by Gasteiger charge is 2.18. The van der Waals surface area contributed by atoms with E-state index in [4.69, 9.17) is 32.2 Å². The van der Waals surface area contributed by atoms with Crippen LogP contribution in [-0.2, 0) is 9.05 Å². The molecule has 3 nitrogen and oxygen atoms in total. The van der Waals surface area contributed by atoms with Gasteiger partial charge >= 0.3 is 8.53 Å². The lowest BCUT2D eigenvalue weighted by Gasteiger charge is -2.25. The van der Waals surface area contributed by atoms with Crippen molar-refractivity contribution in [2.24, 2.45) is 0 Å². The van der Waals surface area contributed by atoms with E-state index >= 15 is 0 Å². The fourth-order valence-corrected chi connectivity index (χ4v) is 2.28. The van der Waals surface area contributed by atoms with Crippen molar-refractivity contribution in [2.45, 2.75) is 20.8 Å². The Bertz CT molecular complexity index is 173. The van der Waals surface area contributed by atoms with Crippen molar-refractivity contribution in [2.75, 3.05) is 19.7 Å². The van der Waals surface area contributed by atoms with Gasteiger partial charge in [-0.3, -0.25) is 0 Å². The van der Waals surface area contributed by atoms with Crippen molar-refractivity contribution in [3.8, 4) is 0 Å². The molecule has 0 fully saturated rings. The summed E-state index contributed by atoms with van der Waals surface area (Å²) in [5, 5.41) is 0. The van der Waals surface area contributed by atoms with Crippen LogP contribution in [0.3, 0.4) is 0 Å². The van der Waals surface area contributed by atoms with Crippen LogP contribution in [-0.4, -0.2) is 24.4 Å². The molecule has 0 saturated carbocycles. The minimum atomic E-state index is -1.07. The highest BCUT2D eigenvalue weighted by Crippen LogP contribution is 2.42. The second kappa shape index (κ2) is 8.75. The van der Waals surface area contributed by atoms with Crippen LogP contribution in [0.2, 0.25) is 0 Å². The molecular formula is C8H16Cl2NO2P. The first kappa shape index (κ1) is 14.5. The highest BCUT2D eigenvalue weighted by molar-refractivity contribution is 7.44. The molecule has 0 bridgehead atoms. The number of nitrogens with zero attached hydrogens (tertiary/aromatic N) is 1. The van der Waals surface area contributed by atoms with Crippen LogP contribution in [0.4, 0.5) is 0 Å². The minimum Gasteiger partial charge on any atom is -0.441 e. The number of rotatable bonds is 7. The van der Waals surface area contributed by atoms with E-state index in [-0.39, 0.29) is 4.49 Å². The van der Waals surface area contributed by atoms with Crippen molar-refractivity contribution >= 4 is 31.7 Å².